The number of nitrogens with one attached hydrogen (secondary N) is 2. The quantitative estimate of drug-likeness (QED) is 0.581. The normalized spacial score (nSPS) is 19.7. The van der Waals surface area contributed by atoms with Crippen LogP contribution in [-0.4, -0.2) is 44.7 Å². The molecular weight excluding hydrogens is 434 g/mol. The van der Waals surface area contributed by atoms with E-state index in [4.69, 9.17) is 14.2 Å². The number of nitrogens with zero attached hydrogens (tertiary/aromatic N) is 1. The molecule has 34 heavy (non-hydrogen) atoms. The van der Waals surface area contributed by atoms with E-state index in [1.54, 1.807) is 17.0 Å². The van der Waals surface area contributed by atoms with Crippen LogP contribution in [0.15, 0.2) is 36.4 Å². The van der Waals surface area contributed by atoms with Gasteiger partial charge in [-0.3, -0.25) is 9.59 Å². The number of carbonyl (C=O) groups excluding carboxylic acids is 2. The first-order valence-corrected chi connectivity index (χ1v) is 11.5. The van der Waals surface area contributed by atoms with E-state index >= 15 is 0 Å². The predicted octanol–water partition coefficient (Wildman–Crippen LogP) is 3.74. The number of carbonyl (C=O) groups is 2. The van der Waals surface area contributed by atoms with Gasteiger partial charge in [-0.1, -0.05) is 18.2 Å². The van der Waals surface area contributed by atoms with Gasteiger partial charge in [-0.2, -0.15) is 0 Å². The van der Waals surface area contributed by atoms with Crippen LogP contribution in [0.4, 0.5) is 5.69 Å². The molecule has 0 saturated carbocycles. The number of H-pyrrole nitrogens is 1. The molecule has 3 aromatic rings. The third-order valence-corrected chi connectivity index (χ3v) is 6.89. The minimum Gasteiger partial charge on any atom is -0.493 e. The van der Waals surface area contributed by atoms with Crippen molar-refractivity contribution in [2.24, 2.45) is 5.92 Å². The Balaban J connectivity index is 1.34. The van der Waals surface area contributed by atoms with Crippen molar-refractivity contribution in [3.8, 4) is 17.2 Å². The molecule has 1 saturated heterocycles. The molecule has 0 bridgehead atoms. The Hall–Kier alpha value is -3.68. The summed E-state index contributed by atoms with van der Waals surface area (Å²) in [6, 6.07) is 11.6. The third-order valence-electron chi connectivity index (χ3n) is 6.89. The van der Waals surface area contributed by atoms with Gasteiger partial charge in [0.1, 0.15) is 0 Å². The van der Waals surface area contributed by atoms with Crippen LogP contribution >= 0.6 is 0 Å². The smallest absolute Gasteiger partial charge is 0.227 e. The molecule has 2 amide bonds. The van der Waals surface area contributed by atoms with E-state index in [2.05, 4.69) is 22.4 Å². The number of rotatable bonds is 6. The van der Waals surface area contributed by atoms with Gasteiger partial charge in [-0.25, -0.2) is 0 Å². The summed E-state index contributed by atoms with van der Waals surface area (Å²) in [5, 5.41) is 4.44. The summed E-state index contributed by atoms with van der Waals surface area (Å²) in [5.74, 6) is 0.754. The van der Waals surface area contributed by atoms with Gasteiger partial charge in [-0.15, -0.1) is 0 Å². The van der Waals surface area contributed by atoms with E-state index in [1.165, 1.54) is 32.3 Å². The average molecular weight is 464 g/mol. The van der Waals surface area contributed by atoms with Gasteiger partial charge < -0.3 is 29.4 Å². The standard InChI is InChI=1S/C26H29N3O5/c1-32-21-12-16(13-22(33-2)25(21)34-3)29-14-15(11-23(29)30)26(31)28-20-10-6-8-18-17-7-4-5-9-19(17)27-24(18)20/h4-5,7,9,12-13,15,20,27H,6,8,10-11,14H2,1-3H3,(H,28,31). The van der Waals surface area contributed by atoms with Crippen molar-refractivity contribution < 1.29 is 23.8 Å². The Morgan fingerprint density at radius 3 is 2.53 bits per heavy atom. The Labute approximate surface area is 198 Å². The summed E-state index contributed by atoms with van der Waals surface area (Å²) < 4.78 is 16.2. The Kier molecular flexibility index (Phi) is 5.81. The van der Waals surface area contributed by atoms with Crippen molar-refractivity contribution in [1.82, 2.24) is 10.3 Å². The molecule has 8 heteroatoms. The molecule has 1 aliphatic heterocycles. The minimum absolute atomic E-state index is 0.0750. The number of amides is 2. The maximum atomic E-state index is 13.2. The van der Waals surface area contributed by atoms with Crippen LogP contribution in [0.5, 0.6) is 17.2 Å². The molecule has 5 rings (SSSR count). The molecule has 0 spiro atoms. The van der Waals surface area contributed by atoms with E-state index < -0.39 is 5.92 Å². The second-order valence-electron chi connectivity index (χ2n) is 8.81. The third kappa shape index (κ3) is 3.73. The number of aromatic nitrogens is 1. The highest BCUT2D eigenvalue weighted by Gasteiger charge is 2.37. The van der Waals surface area contributed by atoms with Crippen LogP contribution in [0.2, 0.25) is 0 Å². The molecule has 1 aromatic heterocycles. The fraction of sp³-hybridized carbons (Fsp3) is 0.385. The maximum Gasteiger partial charge on any atom is 0.227 e. The van der Waals surface area contributed by atoms with Crippen LogP contribution in [0.25, 0.3) is 10.9 Å². The molecule has 2 aromatic carbocycles. The van der Waals surface area contributed by atoms with Crippen LogP contribution in [-0.2, 0) is 16.0 Å². The molecule has 2 N–H and O–H groups in total. The van der Waals surface area contributed by atoms with Gasteiger partial charge in [-0.05, 0) is 30.9 Å². The molecule has 2 heterocycles. The van der Waals surface area contributed by atoms with Gasteiger partial charge in [0.25, 0.3) is 0 Å². The zero-order chi connectivity index (χ0) is 23.8. The minimum atomic E-state index is -0.429. The number of aromatic amines is 1. The van der Waals surface area contributed by atoms with Crippen molar-refractivity contribution in [1.29, 1.82) is 0 Å². The largest absolute Gasteiger partial charge is 0.493 e. The number of fused-ring (bicyclic) bond motifs is 3. The highest BCUT2D eigenvalue weighted by atomic mass is 16.5. The van der Waals surface area contributed by atoms with Gasteiger partial charge in [0.05, 0.1) is 39.0 Å². The second-order valence-corrected chi connectivity index (χ2v) is 8.81. The fourth-order valence-corrected chi connectivity index (χ4v) is 5.20. The number of aryl methyl sites for hydroxylation is 1. The number of hydrogen-bond donors (Lipinski definition) is 2. The number of para-hydroxylation sites is 1. The molecule has 178 valence electrons. The molecule has 1 aliphatic carbocycles. The number of anilines is 1. The summed E-state index contributed by atoms with van der Waals surface area (Å²) >= 11 is 0. The summed E-state index contributed by atoms with van der Waals surface area (Å²) in [4.78, 5) is 31.2. The summed E-state index contributed by atoms with van der Waals surface area (Å²) in [6.07, 6.45) is 3.06. The Morgan fingerprint density at radius 1 is 1.09 bits per heavy atom. The number of methoxy groups -OCH3 is 3. The van der Waals surface area contributed by atoms with E-state index in [0.29, 0.717) is 29.5 Å². The van der Waals surface area contributed by atoms with Crippen LogP contribution < -0.4 is 24.4 Å². The number of hydrogen-bond acceptors (Lipinski definition) is 5. The molecule has 2 unspecified atom stereocenters. The number of ether oxygens (including phenoxy) is 3. The SMILES string of the molecule is COc1cc(N2CC(C(=O)NC3CCCc4c3[nH]c3ccccc43)CC2=O)cc(OC)c1OC. The lowest BCUT2D eigenvalue weighted by Gasteiger charge is -2.25. The maximum absolute atomic E-state index is 13.2. The molecular formula is C26H29N3O5. The van der Waals surface area contributed by atoms with Gasteiger partial charge in [0, 0.05) is 41.7 Å². The van der Waals surface area contributed by atoms with Crippen LogP contribution in [0.3, 0.4) is 0 Å². The summed E-state index contributed by atoms with van der Waals surface area (Å²) in [7, 11) is 4.60. The van der Waals surface area contributed by atoms with Crippen molar-refractivity contribution in [3.63, 3.8) is 0 Å². The summed E-state index contributed by atoms with van der Waals surface area (Å²) in [5.41, 5.74) is 4.09. The van der Waals surface area contributed by atoms with E-state index in [9.17, 15) is 9.59 Å². The van der Waals surface area contributed by atoms with E-state index in [0.717, 1.165) is 30.5 Å². The van der Waals surface area contributed by atoms with Gasteiger partial charge in [0.15, 0.2) is 11.5 Å². The summed E-state index contributed by atoms with van der Waals surface area (Å²) in [6.45, 7) is 0.301. The molecule has 0 radical (unpaired) electrons. The predicted molar refractivity (Wildman–Crippen MR) is 129 cm³/mol. The average Bonchev–Trinajstić information content (AvgIpc) is 3.44. The first-order chi connectivity index (χ1) is 16.5. The van der Waals surface area contributed by atoms with Crippen molar-refractivity contribution in [3.05, 3.63) is 47.7 Å². The Morgan fingerprint density at radius 2 is 1.82 bits per heavy atom. The molecule has 2 atom stereocenters. The van der Waals surface area contributed by atoms with E-state index in [-0.39, 0.29) is 24.3 Å². The van der Waals surface area contributed by atoms with Gasteiger partial charge in [0.2, 0.25) is 17.6 Å². The van der Waals surface area contributed by atoms with Crippen LogP contribution in [0, 0.1) is 5.92 Å². The first kappa shape index (κ1) is 22.1. The lowest BCUT2D eigenvalue weighted by atomic mass is 9.91. The lowest BCUT2D eigenvalue weighted by Crippen LogP contribution is -2.37. The first-order valence-electron chi connectivity index (χ1n) is 11.5. The van der Waals surface area contributed by atoms with Crippen LogP contribution in [0.1, 0.15) is 36.6 Å². The van der Waals surface area contributed by atoms with Gasteiger partial charge >= 0.3 is 0 Å². The Bertz CT molecular complexity index is 1230. The van der Waals surface area contributed by atoms with E-state index in [1.807, 2.05) is 12.1 Å². The molecule has 2 aliphatic rings. The lowest BCUT2D eigenvalue weighted by molar-refractivity contribution is -0.127. The number of benzene rings is 2. The van der Waals surface area contributed by atoms with Crippen molar-refractivity contribution in [2.75, 3.05) is 32.8 Å². The van der Waals surface area contributed by atoms with Crippen molar-refractivity contribution >= 4 is 28.4 Å². The zero-order valence-corrected chi connectivity index (χ0v) is 19.6. The molecule has 8 nitrogen and oxygen atoms in total. The highest BCUT2D eigenvalue weighted by molar-refractivity contribution is 6.01. The zero-order valence-electron chi connectivity index (χ0n) is 19.6. The second kappa shape index (κ2) is 8.93. The highest BCUT2D eigenvalue weighted by Crippen LogP contribution is 2.42. The molecule has 1 fully saturated rings. The topological polar surface area (TPSA) is 92.9 Å². The fourth-order valence-electron chi connectivity index (χ4n) is 5.20. The van der Waals surface area contributed by atoms with Crippen molar-refractivity contribution in [2.45, 2.75) is 31.7 Å². The monoisotopic (exact) mass is 463 g/mol.